The predicted octanol–water partition coefficient (Wildman–Crippen LogP) is 6.07. The van der Waals surface area contributed by atoms with Crippen molar-refractivity contribution in [3.8, 4) is 11.3 Å². The molecule has 1 amide bonds. The molecule has 0 fully saturated rings. The minimum atomic E-state index is -0.296. The van der Waals surface area contributed by atoms with Gasteiger partial charge in [0, 0.05) is 22.5 Å². The molecule has 2 aromatic carbocycles. The minimum Gasteiger partial charge on any atom is -0.320 e. The van der Waals surface area contributed by atoms with Crippen molar-refractivity contribution in [2.75, 3.05) is 5.32 Å². The molecule has 8 heteroatoms. The Hall–Kier alpha value is -2.41. The third kappa shape index (κ3) is 3.43. The maximum atomic E-state index is 13.1. The standard InChI is InChI=1S/C19H12Cl2FN3OS/c1-10-17(18(26)23-15-7-4-12(20)8-14(15)21)27-19-24-16(9-25(10)19)11-2-5-13(22)6-3-11/h2-9H,1H3,(H,23,26). The van der Waals surface area contributed by atoms with Gasteiger partial charge in [0.25, 0.3) is 5.91 Å². The van der Waals surface area contributed by atoms with Gasteiger partial charge in [-0.25, -0.2) is 9.37 Å². The summed E-state index contributed by atoms with van der Waals surface area (Å²) >= 11 is 13.3. The van der Waals surface area contributed by atoms with Crippen molar-refractivity contribution in [3.63, 3.8) is 0 Å². The molecule has 0 radical (unpaired) electrons. The van der Waals surface area contributed by atoms with Crippen LogP contribution < -0.4 is 5.32 Å². The van der Waals surface area contributed by atoms with Crippen molar-refractivity contribution in [1.82, 2.24) is 9.38 Å². The average molecular weight is 420 g/mol. The highest BCUT2D eigenvalue weighted by molar-refractivity contribution is 7.19. The van der Waals surface area contributed by atoms with Gasteiger partial charge in [0.1, 0.15) is 10.7 Å². The van der Waals surface area contributed by atoms with Gasteiger partial charge in [-0.05, 0) is 49.4 Å². The zero-order valence-electron chi connectivity index (χ0n) is 14.0. The number of anilines is 1. The molecule has 4 rings (SSSR count). The number of aromatic nitrogens is 2. The number of nitrogens with one attached hydrogen (secondary N) is 1. The van der Waals surface area contributed by atoms with Crippen LogP contribution in [-0.2, 0) is 0 Å². The number of aryl methyl sites for hydroxylation is 1. The lowest BCUT2D eigenvalue weighted by molar-refractivity contribution is 0.102. The van der Waals surface area contributed by atoms with Crippen LogP contribution in [0.5, 0.6) is 0 Å². The fourth-order valence-corrected chi connectivity index (χ4v) is 4.15. The van der Waals surface area contributed by atoms with Gasteiger partial charge in [-0.2, -0.15) is 0 Å². The van der Waals surface area contributed by atoms with Gasteiger partial charge in [-0.15, -0.1) is 0 Å². The van der Waals surface area contributed by atoms with Crippen molar-refractivity contribution in [3.05, 3.63) is 75.1 Å². The maximum Gasteiger partial charge on any atom is 0.267 e. The Kier molecular flexibility index (Phi) is 4.63. The molecular weight excluding hydrogens is 408 g/mol. The van der Waals surface area contributed by atoms with Crippen molar-refractivity contribution in [2.45, 2.75) is 6.92 Å². The first kappa shape index (κ1) is 18.0. The fourth-order valence-electron chi connectivity index (χ4n) is 2.69. The van der Waals surface area contributed by atoms with E-state index in [1.165, 1.54) is 23.5 Å². The van der Waals surface area contributed by atoms with Crippen LogP contribution in [0.1, 0.15) is 15.4 Å². The number of rotatable bonds is 3. The predicted molar refractivity (Wildman–Crippen MR) is 108 cm³/mol. The molecule has 2 aromatic heterocycles. The Morgan fingerprint density at radius 2 is 1.93 bits per heavy atom. The van der Waals surface area contributed by atoms with Crippen LogP contribution >= 0.6 is 34.5 Å². The van der Waals surface area contributed by atoms with Gasteiger partial charge in [-0.3, -0.25) is 9.20 Å². The maximum absolute atomic E-state index is 13.1. The Labute approximate surface area is 168 Å². The van der Waals surface area contributed by atoms with Gasteiger partial charge in [0.15, 0.2) is 4.96 Å². The smallest absolute Gasteiger partial charge is 0.267 e. The minimum absolute atomic E-state index is 0.268. The quantitative estimate of drug-likeness (QED) is 0.437. The zero-order valence-corrected chi connectivity index (χ0v) is 16.3. The number of hydrogen-bond acceptors (Lipinski definition) is 3. The summed E-state index contributed by atoms with van der Waals surface area (Å²) in [5.41, 5.74) is 2.78. The van der Waals surface area contributed by atoms with Crippen LogP contribution in [-0.4, -0.2) is 15.3 Å². The van der Waals surface area contributed by atoms with Crippen molar-refractivity contribution in [1.29, 1.82) is 0 Å². The summed E-state index contributed by atoms with van der Waals surface area (Å²) in [6, 6.07) is 11.0. The molecule has 0 bridgehead atoms. The highest BCUT2D eigenvalue weighted by atomic mass is 35.5. The lowest BCUT2D eigenvalue weighted by atomic mass is 10.2. The molecule has 0 unspecified atom stereocenters. The van der Waals surface area contributed by atoms with Crippen molar-refractivity contribution >= 4 is 51.1 Å². The molecule has 0 atom stereocenters. The monoisotopic (exact) mass is 419 g/mol. The number of benzene rings is 2. The molecule has 4 nitrogen and oxygen atoms in total. The first-order valence-corrected chi connectivity index (χ1v) is 9.50. The van der Waals surface area contributed by atoms with Crippen LogP contribution in [0.4, 0.5) is 10.1 Å². The van der Waals surface area contributed by atoms with E-state index in [4.69, 9.17) is 23.2 Å². The summed E-state index contributed by atoms with van der Waals surface area (Å²) in [6.45, 7) is 1.85. The molecule has 0 saturated heterocycles. The van der Waals surface area contributed by atoms with Crippen LogP contribution in [0, 0.1) is 12.7 Å². The molecule has 136 valence electrons. The van der Waals surface area contributed by atoms with E-state index in [0.29, 0.717) is 25.6 Å². The highest BCUT2D eigenvalue weighted by Gasteiger charge is 2.19. The van der Waals surface area contributed by atoms with Crippen LogP contribution in [0.3, 0.4) is 0 Å². The zero-order chi connectivity index (χ0) is 19.1. The van der Waals surface area contributed by atoms with E-state index in [1.54, 1.807) is 30.3 Å². The van der Waals surface area contributed by atoms with Crippen LogP contribution in [0.2, 0.25) is 10.0 Å². The summed E-state index contributed by atoms with van der Waals surface area (Å²) < 4.78 is 14.9. The number of carbonyl (C=O) groups is 1. The molecule has 0 saturated carbocycles. The number of amides is 1. The van der Waals surface area contributed by atoms with E-state index in [1.807, 2.05) is 17.5 Å². The Morgan fingerprint density at radius 3 is 2.59 bits per heavy atom. The SMILES string of the molecule is Cc1c(C(=O)Nc2ccc(Cl)cc2Cl)sc2nc(-c3ccc(F)cc3)cn12. The number of thiazole rings is 1. The third-order valence-corrected chi connectivity index (χ3v) is 5.79. The topological polar surface area (TPSA) is 46.4 Å². The summed E-state index contributed by atoms with van der Waals surface area (Å²) in [7, 11) is 0. The molecule has 2 heterocycles. The summed E-state index contributed by atoms with van der Waals surface area (Å²) in [5.74, 6) is -0.564. The second kappa shape index (κ2) is 6.96. The van der Waals surface area contributed by atoms with E-state index in [0.717, 1.165) is 17.0 Å². The number of fused-ring (bicyclic) bond motifs is 1. The Morgan fingerprint density at radius 1 is 1.19 bits per heavy atom. The molecule has 0 aliphatic heterocycles. The highest BCUT2D eigenvalue weighted by Crippen LogP contribution is 2.30. The van der Waals surface area contributed by atoms with Crippen molar-refractivity contribution in [2.24, 2.45) is 0 Å². The first-order chi connectivity index (χ1) is 12.9. The summed E-state index contributed by atoms with van der Waals surface area (Å²) in [6.07, 6.45) is 1.83. The molecule has 27 heavy (non-hydrogen) atoms. The average Bonchev–Trinajstić information content (AvgIpc) is 3.18. The Balaban J connectivity index is 1.64. The van der Waals surface area contributed by atoms with Gasteiger partial charge < -0.3 is 5.32 Å². The van der Waals surface area contributed by atoms with Gasteiger partial charge in [0.05, 0.1) is 16.4 Å². The van der Waals surface area contributed by atoms with Crippen LogP contribution in [0.15, 0.2) is 48.7 Å². The van der Waals surface area contributed by atoms with Crippen molar-refractivity contribution < 1.29 is 9.18 Å². The van der Waals surface area contributed by atoms with Crippen LogP contribution in [0.25, 0.3) is 16.2 Å². The third-order valence-electron chi connectivity index (χ3n) is 4.08. The Bertz CT molecular complexity index is 1170. The van der Waals surface area contributed by atoms with E-state index >= 15 is 0 Å². The lowest BCUT2D eigenvalue weighted by Crippen LogP contribution is -2.12. The lowest BCUT2D eigenvalue weighted by Gasteiger charge is -2.06. The van der Waals surface area contributed by atoms with Gasteiger partial charge >= 0.3 is 0 Å². The van der Waals surface area contributed by atoms with E-state index in [2.05, 4.69) is 10.3 Å². The van der Waals surface area contributed by atoms with Gasteiger partial charge in [0.2, 0.25) is 0 Å². The second-order valence-corrected chi connectivity index (χ2v) is 7.70. The molecule has 0 spiro atoms. The van der Waals surface area contributed by atoms with E-state index < -0.39 is 0 Å². The largest absolute Gasteiger partial charge is 0.320 e. The number of imidazole rings is 1. The number of nitrogens with zero attached hydrogens (tertiary/aromatic N) is 2. The molecule has 4 aromatic rings. The number of carbonyl (C=O) groups excluding carboxylic acids is 1. The molecule has 0 aliphatic carbocycles. The van der Waals surface area contributed by atoms with E-state index in [-0.39, 0.29) is 11.7 Å². The summed E-state index contributed by atoms with van der Waals surface area (Å²) in [5, 5.41) is 3.66. The normalized spacial score (nSPS) is 11.1. The fraction of sp³-hybridized carbons (Fsp3) is 0.0526. The number of halogens is 3. The first-order valence-electron chi connectivity index (χ1n) is 7.93. The molecule has 1 N–H and O–H groups in total. The van der Waals surface area contributed by atoms with Gasteiger partial charge in [-0.1, -0.05) is 34.5 Å². The molecular formula is C19H12Cl2FN3OS. The second-order valence-electron chi connectivity index (χ2n) is 5.88. The molecule has 0 aliphatic rings. The number of hydrogen-bond donors (Lipinski definition) is 1. The van der Waals surface area contributed by atoms with E-state index in [9.17, 15) is 9.18 Å². The summed E-state index contributed by atoms with van der Waals surface area (Å²) in [4.78, 5) is 18.4.